The lowest BCUT2D eigenvalue weighted by Crippen LogP contribution is -2.11. The Bertz CT molecular complexity index is 2270. The summed E-state index contributed by atoms with van der Waals surface area (Å²) in [6, 6.07) is 71.8. The van der Waals surface area contributed by atoms with Crippen LogP contribution in [0.25, 0.3) is 55.3 Å². The van der Waals surface area contributed by atoms with Gasteiger partial charge in [0.1, 0.15) is 0 Å². The summed E-state index contributed by atoms with van der Waals surface area (Å²) in [5.41, 5.74) is 13.0. The van der Waals surface area contributed by atoms with Gasteiger partial charge in [-0.15, -0.1) is 0 Å². The van der Waals surface area contributed by atoms with E-state index in [9.17, 15) is 0 Å². The van der Waals surface area contributed by atoms with Gasteiger partial charge in [-0.2, -0.15) is 0 Å². The van der Waals surface area contributed by atoms with Gasteiger partial charge >= 0.3 is 0 Å². The fourth-order valence-corrected chi connectivity index (χ4v) is 6.53. The van der Waals surface area contributed by atoms with Crippen molar-refractivity contribution in [2.75, 3.05) is 4.90 Å². The molecule has 8 rings (SSSR count). The molecule has 222 valence electrons. The monoisotopic (exact) mass is 599 g/mol. The molecule has 47 heavy (non-hydrogen) atoms. The third-order valence-corrected chi connectivity index (χ3v) is 8.87. The molecule has 0 spiro atoms. The summed E-state index contributed by atoms with van der Waals surface area (Å²) in [7, 11) is 0. The Hall–Kier alpha value is -6.18. The molecule has 0 heterocycles. The van der Waals surface area contributed by atoms with Crippen LogP contribution in [-0.4, -0.2) is 0 Å². The van der Waals surface area contributed by atoms with Crippen LogP contribution < -0.4 is 4.90 Å². The van der Waals surface area contributed by atoms with Crippen LogP contribution in [0.1, 0.15) is 0 Å². The Morgan fingerprint density at radius 2 is 0.745 bits per heavy atom. The molecule has 0 N–H and O–H groups in total. The fraction of sp³-hybridized carbons (Fsp3) is 0. The normalized spacial score (nSPS) is 11.0. The number of hydrogen-bond acceptors (Lipinski definition) is 1. The van der Waals surface area contributed by atoms with Gasteiger partial charge in [0.25, 0.3) is 0 Å². The first-order valence-electron chi connectivity index (χ1n) is 16.1. The summed E-state index contributed by atoms with van der Waals surface area (Å²) in [5, 5.41) is 2.51. The highest BCUT2D eigenvalue weighted by atomic mass is 15.1. The van der Waals surface area contributed by atoms with Crippen LogP contribution in [-0.2, 0) is 0 Å². The highest BCUT2D eigenvalue weighted by molar-refractivity contribution is 5.93. The van der Waals surface area contributed by atoms with Crippen molar-refractivity contribution in [1.29, 1.82) is 0 Å². The van der Waals surface area contributed by atoms with Crippen molar-refractivity contribution in [3.05, 3.63) is 200 Å². The standard InChI is InChI=1S/C46H33N/c1-4-15-36(16-5-1)43-22-12-13-23-44(43)40-28-31-46(45(33-40)37-17-6-2-7-18-37)47(41-20-8-3-9-21-41)42-29-26-35(27-30-42)39-25-24-34-14-10-11-19-38(34)32-39/h1-33H. The Balaban J connectivity index is 1.27. The van der Waals surface area contributed by atoms with Crippen LogP contribution in [0, 0.1) is 0 Å². The van der Waals surface area contributed by atoms with Gasteiger partial charge in [-0.25, -0.2) is 0 Å². The molecular formula is C46H33N. The lowest BCUT2D eigenvalue weighted by molar-refractivity contribution is 1.28. The SMILES string of the molecule is c1ccc(-c2ccccc2-c2ccc(N(c3ccccc3)c3ccc(-c4ccc5ccccc5c4)cc3)c(-c3ccccc3)c2)cc1. The second-order valence-electron chi connectivity index (χ2n) is 11.8. The first-order chi connectivity index (χ1) is 23.3. The zero-order valence-electron chi connectivity index (χ0n) is 26.0. The van der Waals surface area contributed by atoms with E-state index in [1.54, 1.807) is 0 Å². The van der Waals surface area contributed by atoms with Gasteiger partial charge in [-0.1, -0.05) is 158 Å². The van der Waals surface area contributed by atoms with E-state index in [0.29, 0.717) is 0 Å². The summed E-state index contributed by atoms with van der Waals surface area (Å²) in [6.07, 6.45) is 0. The average molecular weight is 600 g/mol. The molecule has 1 nitrogen and oxygen atoms in total. The van der Waals surface area contributed by atoms with E-state index in [1.165, 1.54) is 55.3 Å². The van der Waals surface area contributed by atoms with E-state index in [4.69, 9.17) is 0 Å². The zero-order chi connectivity index (χ0) is 31.4. The van der Waals surface area contributed by atoms with Gasteiger partial charge in [0.15, 0.2) is 0 Å². The quantitative estimate of drug-likeness (QED) is 0.176. The van der Waals surface area contributed by atoms with Crippen molar-refractivity contribution in [3.8, 4) is 44.5 Å². The largest absolute Gasteiger partial charge is 0.310 e. The summed E-state index contributed by atoms with van der Waals surface area (Å²) in [4.78, 5) is 2.37. The van der Waals surface area contributed by atoms with Crippen LogP contribution in [0.15, 0.2) is 200 Å². The maximum Gasteiger partial charge on any atom is 0.0540 e. The maximum atomic E-state index is 2.37. The smallest absolute Gasteiger partial charge is 0.0540 e. The van der Waals surface area contributed by atoms with Gasteiger partial charge in [0.2, 0.25) is 0 Å². The van der Waals surface area contributed by atoms with Crippen LogP contribution >= 0.6 is 0 Å². The maximum absolute atomic E-state index is 2.37. The predicted molar refractivity (Wildman–Crippen MR) is 200 cm³/mol. The molecule has 0 bridgehead atoms. The molecule has 0 fully saturated rings. The second kappa shape index (κ2) is 12.7. The number of benzene rings is 8. The minimum Gasteiger partial charge on any atom is -0.310 e. The highest BCUT2D eigenvalue weighted by Gasteiger charge is 2.19. The number of hydrogen-bond donors (Lipinski definition) is 0. The van der Waals surface area contributed by atoms with E-state index in [0.717, 1.165) is 17.1 Å². The summed E-state index contributed by atoms with van der Waals surface area (Å²) in [6.45, 7) is 0. The van der Waals surface area contributed by atoms with Gasteiger partial charge < -0.3 is 4.90 Å². The predicted octanol–water partition coefficient (Wildman–Crippen LogP) is 13.0. The molecule has 8 aromatic rings. The number of nitrogens with zero attached hydrogens (tertiary/aromatic N) is 1. The van der Waals surface area contributed by atoms with Crippen molar-refractivity contribution >= 4 is 27.8 Å². The summed E-state index contributed by atoms with van der Waals surface area (Å²) >= 11 is 0. The van der Waals surface area contributed by atoms with Gasteiger partial charge in [0.05, 0.1) is 5.69 Å². The molecule has 0 aromatic heterocycles. The Labute approximate surface area is 276 Å². The van der Waals surface area contributed by atoms with Crippen LogP contribution in [0.2, 0.25) is 0 Å². The summed E-state index contributed by atoms with van der Waals surface area (Å²) in [5.74, 6) is 0. The molecule has 0 aliphatic heterocycles. The molecular weight excluding hydrogens is 567 g/mol. The fourth-order valence-electron chi connectivity index (χ4n) is 6.53. The van der Waals surface area contributed by atoms with Crippen LogP contribution in [0.5, 0.6) is 0 Å². The van der Waals surface area contributed by atoms with Gasteiger partial charge in [-0.3, -0.25) is 0 Å². The zero-order valence-corrected chi connectivity index (χ0v) is 26.0. The molecule has 0 saturated heterocycles. The van der Waals surface area contributed by atoms with Gasteiger partial charge in [0, 0.05) is 16.9 Å². The van der Waals surface area contributed by atoms with E-state index < -0.39 is 0 Å². The molecule has 0 unspecified atom stereocenters. The summed E-state index contributed by atoms with van der Waals surface area (Å²) < 4.78 is 0. The second-order valence-corrected chi connectivity index (χ2v) is 11.8. The number of para-hydroxylation sites is 1. The average Bonchev–Trinajstić information content (AvgIpc) is 3.16. The molecule has 0 amide bonds. The number of rotatable bonds is 7. The van der Waals surface area contributed by atoms with Crippen LogP contribution in [0.3, 0.4) is 0 Å². The third kappa shape index (κ3) is 5.72. The van der Waals surface area contributed by atoms with E-state index in [-0.39, 0.29) is 0 Å². The molecule has 0 saturated carbocycles. The topological polar surface area (TPSA) is 3.24 Å². The highest BCUT2D eigenvalue weighted by Crippen LogP contribution is 2.44. The Morgan fingerprint density at radius 1 is 0.255 bits per heavy atom. The third-order valence-electron chi connectivity index (χ3n) is 8.87. The molecule has 0 atom stereocenters. The van der Waals surface area contributed by atoms with E-state index in [2.05, 4.69) is 205 Å². The lowest BCUT2D eigenvalue weighted by Gasteiger charge is -2.28. The van der Waals surface area contributed by atoms with Crippen molar-refractivity contribution in [1.82, 2.24) is 0 Å². The van der Waals surface area contributed by atoms with Crippen molar-refractivity contribution in [3.63, 3.8) is 0 Å². The Morgan fingerprint density at radius 3 is 1.43 bits per heavy atom. The molecule has 1 heteroatoms. The number of anilines is 3. The van der Waals surface area contributed by atoms with Gasteiger partial charge in [-0.05, 0) is 92.2 Å². The molecule has 8 aromatic carbocycles. The molecule has 0 radical (unpaired) electrons. The lowest BCUT2D eigenvalue weighted by atomic mass is 9.91. The molecule has 0 aliphatic carbocycles. The minimum atomic E-state index is 1.11. The van der Waals surface area contributed by atoms with Crippen molar-refractivity contribution in [2.24, 2.45) is 0 Å². The van der Waals surface area contributed by atoms with Crippen molar-refractivity contribution < 1.29 is 0 Å². The van der Waals surface area contributed by atoms with E-state index in [1.807, 2.05) is 0 Å². The first-order valence-corrected chi connectivity index (χ1v) is 16.1. The Kier molecular flexibility index (Phi) is 7.63. The van der Waals surface area contributed by atoms with Crippen LogP contribution in [0.4, 0.5) is 17.1 Å². The molecule has 0 aliphatic rings. The number of fused-ring (bicyclic) bond motifs is 1. The van der Waals surface area contributed by atoms with Crippen molar-refractivity contribution in [2.45, 2.75) is 0 Å². The first kappa shape index (κ1) is 28.3. The minimum absolute atomic E-state index is 1.11. The van der Waals surface area contributed by atoms with E-state index >= 15 is 0 Å².